The Bertz CT molecular complexity index is 911. The van der Waals surface area contributed by atoms with Crippen molar-refractivity contribution in [3.63, 3.8) is 0 Å². The summed E-state index contributed by atoms with van der Waals surface area (Å²) in [6.45, 7) is 7.53. The number of ether oxygens (including phenoxy) is 7. The Morgan fingerprint density at radius 1 is 0.811 bits per heavy atom. The van der Waals surface area contributed by atoms with Crippen LogP contribution >= 0.6 is 0 Å². The SMILES string of the molecule is CCCCOc1cc(C=CC(=O)OCCOCC)ccc1OCCc1ccc(OCOCCOC)cc1. The topological polar surface area (TPSA) is 81.7 Å². The van der Waals surface area contributed by atoms with Gasteiger partial charge in [-0.2, -0.15) is 0 Å². The number of carbonyl (C=O) groups excluding carboxylic acids is 1. The number of esters is 1. The molecule has 8 heteroatoms. The first-order chi connectivity index (χ1) is 18.2. The Labute approximate surface area is 220 Å². The maximum atomic E-state index is 11.9. The highest BCUT2D eigenvalue weighted by molar-refractivity contribution is 5.87. The van der Waals surface area contributed by atoms with Crippen LogP contribution in [0.5, 0.6) is 17.2 Å². The van der Waals surface area contributed by atoms with Crippen LogP contribution in [-0.2, 0) is 30.2 Å². The number of hydrogen-bond acceptors (Lipinski definition) is 8. The van der Waals surface area contributed by atoms with Gasteiger partial charge in [-0.3, -0.25) is 0 Å². The second-order valence-corrected chi connectivity index (χ2v) is 8.01. The van der Waals surface area contributed by atoms with Gasteiger partial charge in [0.05, 0.1) is 33.0 Å². The van der Waals surface area contributed by atoms with Crippen molar-refractivity contribution >= 4 is 12.0 Å². The van der Waals surface area contributed by atoms with Crippen LogP contribution in [0.2, 0.25) is 0 Å². The van der Waals surface area contributed by atoms with Crippen molar-refractivity contribution in [2.24, 2.45) is 0 Å². The fourth-order valence-electron chi connectivity index (χ4n) is 3.09. The summed E-state index contributed by atoms with van der Waals surface area (Å²) in [6.07, 6.45) is 5.80. The van der Waals surface area contributed by atoms with Crippen molar-refractivity contribution in [1.29, 1.82) is 0 Å². The van der Waals surface area contributed by atoms with E-state index in [1.807, 2.05) is 49.4 Å². The van der Waals surface area contributed by atoms with E-state index in [4.69, 9.17) is 33.2 Å². The summed E-state index contributed by atoms with van der Waals surface area (Å²) < 4.78 is 38.1. The Hall–Kier alpha value is -3.07. The second-order valence-electron chi connectivity index (χ2n) is 8.01. The van der Waals surface area contributed by atoms with E-state index in [2.05, 4.69) is 6.92 Å². The highest BCUT2D eigenvalue weighted by Gasteiger charge is 2.08. The Morgan fingerprint density at radius 2 is 1.59 bits per heavy atom. The van der Waals surface area contributed by atoms with E-state index < -0.39 is 5.97 Å². The predicted octanol–water partition coefficient (Wildman–Crippen LogP) is 5.08. The minimum atomic E-state index is -0.413. The monoisotopic (exact) mass is 516 g/mol. The first-order valence-electron chi connectivity index (χ1n) is 12.8. The molecule has 0 aromatic heterocycles. The van der Waals surface area contributed by atoms with Crippen molar-refractivity contribution in [3.05, 3.63) is 59.7 Å². The van der Waals surface area contributed by atoms with E-state index in [1.54, 1.807) is 13.2 Å². The van der Waals surface area contributed by atoms with E-state index in [0.717, 1.165) is 36.1 Å². The Kier molecular flexibility index (Phi) is 15.6. The molecule has 0 saturated heterocycles. The van der Waals surface area contributed by atoms with Gasteiger partial charge in [-0.15, -0.1) is 0 Å². The Morgan fingerprint density at radius 3 is 2.35 bits per heavy atom. The number of methoxy groups -OCH3 is 1. The molecule has 204 valence electrons. The van der Waals surface area contributed by atoms with Crippen molar-refractivity contribution in [2.75, 3.05) is 60.2 Å². The van der Waals surface area contributed by atoms with E-state index in [9.17, 15) is 4.79 Å². The quantitative estimate of drug-likeness (QED) is 0.104. The fourth-order valence-corrected chi connectivity index (χ4v) is 3.09. The van der Waals surface area contributed by atoms with Gasteiger partial charge in [0.25, 0.3) is 0 Å². The van der Waals surface area contributed by atoms with Crippen molar-refractivity contribution in [2.45, 2.75) is 33.1 Å². The summed E-state index contributed by atoms with van der Waals surface area (Å²) >= 11 is 0. The fraction of sp³-hybridized carbons (Fsp3) is 0.483. The van der Waals surface area contributed by atoms with Crippen LogP contribution in [0, 0.1) is 0 Å². The van der Waals surface area contributed by atoms with Gasteiger partial charge in [-0.1, -0.05) is 31.5 Å². The molecular weight excluding hydrogens is 476 g/mol. The van der Waals surface area contributed by atoms with Gasteiger partial charge in [0.2, 0.25) is 0 Å². The number of carbonyl (C=O) groups is 1. The molecule has 37 heavy (non-hydrogen) atoms. The van der Waals surface area contributed by atoms with Crippen molar-refractivity contribution < 1.29 is 38.0 Å². The van der Waals surface area contributed by atoms with Crippen LogP contribution in [0.1, 0.15) is 37.8 Å². The minimum Gasteiger partial charge on any atom is -0.490 e. The maximum absolute atomic E-state index is 11.9. The lowest BCUT2D eigenvalue weighted by molar-refractivity contribution is -0.139. The van der Waals surface area contributed by atoms with Crippen LogP contribution in [0.3, 0.4) is 0 Å². The van der Waals surface area contributed by atoms with Crippen LogP contribution in [-0.4, -0.2) is 66.1 Å². The van der Waals surface area contributed by atoms with Crippen LogP contribution in [0.15, 0.2) is 48.5 Å². The highest BCUT2D eigenvalue weighted by atomic mass is 16.7. The van der Waals surface area contributed by atoms with Gasteiger partial charge >= 0.3 is 5.97 Å². The molecule has 0 atom stereocenters. The zero-order valence-corrected chi connectivity index (χ0v) is 22.2. The second kappa shape index (κ2) is 19.1. The summed E-state index contributed by atoms with van der Waals surface area (Å²) in [6, 6.07) is 13.5. The molecule has 2 aromatic rings. The van der Waals surface area contributed by atoms with Gasteiger partial charge in [0, 0.05) is 26.2 Å². The summed E-state index contributed by atoms with van der Waals surface area (Å²) in [4.78, 5) is 11.9. The average Bonchev–Trinajstić information content (AvgIpc) is 2.91. The van der Waals surface area contributed by atoms with Crippen LogP contribution < -0.4 is 14.2 Å². The third-order valence-corrected chi connectivity index (χ3v) is 5.12. The molecule has 8 nitrogen and oxygen atoms in total. The van der Waals surface area contributed by atoms with Crippen LogP contribution in [0.4, 0.5) is 0 Å². The zero-order chi connectivity index (χ0) is 26.6. The van der Waals surface area contributed by atoms with Gasteiger partial charge in [0.15, 0.2) is 18.3 Å². The molecule has 0 aliphatic carbocycles. The molecule has 0 saturated carbocycles. The molecule has 0 unspecified atom stereocenters. The minimum absolute atomic E-state index is 0.187. The van der Waals surface area contributed by atoms with E-state index >= 15 is 0 Å². The lowest BCUT2D eigenvalue weighted by atomic mass is 10.1. The number of unbranched alkanes of at least 4 members (excludes halogenated alkanes) is 1. The Balaban J connectivity index is 1.87. The molecular formula is C29H40O8. The number of hydrogen-bond donors (Lipinski definition) is 0. The van der Waals surface area contributed by atoms with E-state index in [-0.39, 0.29) is 13.4 Å². The van der Waals surface area contributed by atoms with Gasteiger partial charge in [0.1, 0.15) is 12.4 Å². The normalized spacial score (nSPS) is 11.0. The molecule has 2 aromatic carbocycles. The molecule has 0 heterocycles. The molecule has 0 fully saturated rings. The summed E-state index contributed by atoms with van der Waals surface area (Å²) in [7, 11) is 1.63. The van der Waals surface area contributed by atoms with Gasteiger partial charge in [-0.25, -0.2) is 4.79 Å². The zero-order valence-electron chi connectivity index (χ0n) is 22.2. The molecule has 0 radical (unpaired) electrons. The average molecular weight is 517 g/mol. The molecule has 0 aliphatic rings. The van der Waals surface area contributed by atoms with Gasteiger partial charge < -0.3 is 33.2 Å². The smallest absolute Gasteiger partial charge is 0.330 e. The lowest BCUT2D eigenvalue weighted by Gasteiger charge is -2.14. The third kappa shape index (κ3) is 13.2. The molecule has 2 rings (SSSR count). The summed E-state index contributed by atoms with van der Waals surface area (Å²) in [5, 5.41) is 0. The molecule has 0 spiro atoms. The molecule has 0 aliphatic heterocycles. The van der Waals surface area contributed by atoms with E-state index in [1.165, 1.54) is 6.08 Å². The summed E-state index contributed by atoms with van der Waals surface area (Å²) in [5.41, 5.74) is 1.95. The molecule has 0 N–H and O–H groups in total. The lowest BCUT2D eigenvalue weighted by Crippen LogP contribution is -2.08. The van der Waals surface area contributed by atoms with Crippen molar-refractivity contribution in [3.8, 4) is 17.2 Å². The predicted molar refractivity (Wildman–Crippen MR) is 142 cm³/mol. The van der Waals surface area contributed by atoms with E-state index in [0.29, 0.717) is 51.1 Å². The number of benzene rings is 2. The first kappa shape index (κ1) is 30.2. The largest absolute Gasteiger partial charge is 0.490 e. The maximum Gasteiger partial charge on any atom is 0.330 e. The van der Waals surface area contributed by atoms with Gasteiger partial charge in [-0.05, 0) is 54.8 Å². The molecule has 0 amide bonds. The molecule has 0 bridgehead atoms. The van der Waals surface area contributed by atoms with Crippen molar-refractivity contribution in [1.82, 2.24) is 0 Å². The third-order valence-electron chi connectivity index (χ3n) is 5.12. The number of rotatable bonds is 20. The summed E-state index contributed by atoms with van der Waals surface area (Å²) in [5.74, 6) is 1.65. The first-order valence-corrected chi connectivity index (χ1v) is 12.8. The standard InChI is InChI=1S/C29H40O8/c1-4-6-16-34-28-22-25(10-14-29(30)36-21-20-32-5-2)9-13-27(28)35-17-15-24-7-11-26(12-8-24)37-23-33-19-18-31-3/h7-14,22H,4-6,15-21,23H2,1-3H3. The van der Waals surface area contributed by atoms with Crippen LogP contribution in [0.25, 0.3) is 6.08 Å². The highest BCUT2D eigenvalue weighted by Crippen LogP contribution is 2.29.